The molecule has 0 spiro atoms. The number of rotatable bonds is 7. The average Bonchev–Trinajstić information content (AvgIpc) is 2.50. The van der Waals surface area contributed by atoms with E-state index in [2.05, 4.69) is 0 Å². The van der Waals surface area contributed by atoms with Crippen LogP contribution in [0.1, 0.15) is 31.9 Å². The smallest absolute Gasteiger partial charge is 0.308 e. The van der Waals surface area contributed by atoms with Gasteiger partial charge in [0.15, 0.2) is 5.60 Å². The lowest BCUT2D eigenvalue weighted by Crippen LogP contribution is -2.39. The number of aromatic hydroxyl groups is 1. The molecule has 0 aliphatic carbocycles. The summed E-state index contributed by atoms with van der Waals surface area (Å²) in [4.78, 5) is 22.8. The Morgan fingerprint density at radius 3 is 2.29 bits per heavy atom. The van der Waals surface area contributed by atoms with Gasteiger partial charge in [-0.3, -0.25) is 9.59 Å². The Bertz CT molecular complexity index is 609. The van der Waals surface area contributed by atoms with Gasteiger partial charge in [0.1, 0.15) is 24.7 Å². The van der Waals surface area contributed by atoms with Gasteiger partial charge >= 0.3 is 11.9 Å². The maximum atomic E-state index is 11.7. The lowest BCUT2D eigenvalue weighted by atomic mass is 9.93. The minimum absolute atomic E-state index is 0.0442. The first kappa shape index (κ1) is 19.8. The van der Waals surface area contributed by atoms with Crippen LogP contribution >= 0.6 is 0 Å². The van der Waals surface area contributed by atoms with E-state index in [0.717, 1.165) is 0 Å². The largest absolute Gasteiger partial charge is 0.508 e. The van der Waals surface area contributed by atoms with Crippen molar-refractivity contribution in [1.29, 1.82) is 0 Å². The fourth-order valence-electron chi connectivity index (χ4n) is 2.04. The summed E-state index contributed by atoms with van der Waals surface area (Å²) in [6.45, 7) is 5.27. The number of carbonyl (C=O) groups is 2. The first-order valence-corrected chi connectivity index (χ1v) is 7.51. The molecule has 0 aromatic heterocycles. The van der Waals surface area contributed by atoms with Crippen molar-refractivity contribution in [1.82, 2.24) is 0 Å². The summed E-state index contributed by atoms with van der Waals surface area (Å²) >= 11 is 0. The molecule has 0 radical (unpaired) electrons. The molecule has 1 aromatic carbocycles. The van der Waals surface area contributed by atoms with Gasteiger partial charge in [0.2, 0.25) is 0 Å². The van der Waals surface area contributed by atoms with Crippen molar-refractivity contribution in [3.63, 3.8) is 0 Å². The normalized spacial score (nSPS) is 13.3. The number of methoxy groups -OCH3 is 1. The molecular formula is C17H24O7. The van der Waals surface area contributed by atoms with E-state index in [0.29, 0.717) is 11.3 Å². The van der Waals surface area contributed by atoms with Crippen molar-refractivity contribution >= 4 is 11.9 Å². The van der Waals surface area contributed by atoms with E-state index in [1.807, 2.05) is 0 Å². The number of benzene rings is 1. The number of aryl methyl sites for hydroxylation is 1. The van der Waals surface area contributed by atoms with Gasteiger partial charge < -0.3 is 24.4 Å². The summed E-state index contributed by atoms with van der Waals surface area (Å²) in [5.41, 5.74) is -1.20. The van der Waals surface area contributed by atoms with Crippen molar-refractivity contribution in [2.24, 2.45) is 5.92 Å². The number of hydrogen-bond acceptors (Lipinski definition) is 7. The van der Waals surface area contributed by atoms with Gasteiger partial charge in [-0.05, 0) is 24.6 Å². The Morgan fingerprint density at radius 2 is 1.79 bits per heavy atom. The molecule has 1 atom stereocenters. The Morgan fingerprint density at radius 1 is 1.21 bits per heavy atom. The summed E-state index contributed by atoms with van der Waals surface area (Å²) in [5.74, 6) is -1.30. The van der Waals surface area contributed by atoms with Crippen LogP contribution < -0.4 is 4.74 Å². The Labute approximate surface area is 141 Å². The third-order valence-corrected chi connectivity index (χ3v) is 3.45. The second-order valence-electron chi connectivity index (χ2n) is 5.91. The van der Waals surface area contributed by atoms with Crippen molar-refractivity contribution in [2.45, 2.75) is 33.3 Å². The topological polar surface area (TPSA) is 102 Å². The number of esters is 2. The molecule has 0 saturated heterocycles. The van der Waals surface area contributed by atoms with Gasteiger partial charge in [0.05, 0.1) is 13.0 Å². The van der Waals surface area contributed by atoms with E-state index in [9.17, 15) is 19.8 Å². The fourth-order valence-corrected chi connectivity index (χ4v) is 2.04. The second-order valence-corrected chi connectivity index (χ2v) is 5.91. The number of aliphatic hydroxyl groups is 1. The standard InChI is InChI=1S/C17H24O7/c1-10(2)16(20)24-9-17(21,8-23-12(4)18)13-7-15(22-5)11(3)6-14(13)19/h6-7,10,19,21H,8-9H2,1-5H3. The molecule has 1 rings (SSSR count). The van der Waals surface area contributed by atoms with Crippen LogP contribution in [0.5, 0.6) is 11.5 Å². The summed E-state index contributed by atoms with van der Waals surface area (Å²) < 4.78 is 15.2. The molecule has 0 amide bonds. The minimum Gasteiger partial charge on any atom is -0.508 e. The van der Waals surface area contributed by atoms with Crippen molar-refractivity contribution in [2.75, 3.05) is 20.3 Å². The predicted octanol–water partition coefficient (Wildman–Crippen LogP) is 1.66. The molecule has 0 fully saturated rings. The lowest BCUT2D eigenvalue weighted by Gasteiger charge is -2.29. The van der Waals surface area contributed by atoms with Crippen LogP contribution in [0.4, 0.5) is 0 Å². The average molecular weight is 340 g/mol. The number of ether oxygens (including phenoxy) is 3. The van der Waals surface area contributed by atoms with Crippen LogP contribution in [0.2, 0.25) is 0 Å². The lowest BCUT2D eigenvalue weighted by molar-refractivity contribution is -0.165. The van der Waals surface area contributed by atoms with Crippen LogP contribution in [0, 0.1) is 12.8 Å². The van der Waals surface area contributed by atoms with Crippen LogP contribution in [-0.2, 0) is 24.7 Å². The highest BCUT2D eigenvalue weighted by atomic mass is 16.6. The summed E-state index contributed by atoms with van der Waals surface area (Å²) in [5, 5.41) is 21.1. The number of carbonyl (C=O) groups excluding carboxylic acids is 2. The first-order chi connectivity index (χ1) is 11.1. The van der Waals surface area contributed by atoms with Gasteiger partial charge in [-0.25, -0.2) is 0 Å². The number of phenols is 1. The molecule has 24 heavy (non-hydrogen) atoms. The Kier molecular flexibility index (Phi) is 6.60. The molecule has 0 aliphatic rings. The van der Waals surface area contributed by atoms with Gasteiger partial charge in [0, 0.05) is 12.5 Å². The highest BCUT2D eigenvalue weighted by Crippen LogP contribution is 2.35. The molecule has 0 heterocycles. The third kappa shape index (κ3) is 4.86. The Hall–Kier alpha value is -2.28. The van der Waals surface area contributed by atoms with Gasteiger partial charge in [-0.1, -0.05) is 13.8 Å². The highest BCUT2D eigenvalue weighted by Gasteiger charge is 2.36. The molecule has 0 saturated carbocycles. The SMILES string of the molecule is COc1cc(C(O)(COC(C)=O)COC(=O)C(C)C)c(O)cc1C. The van der Waals surface area contributed by atoms with Crippen LogP contribution in [0.25, 0.3) is 0 Å². The zero-order valence-electron chi connectivity index (χ0n) is 14.6. The zero-order valence-corrected chi connectivity index (χ0v) is 14.6. The van der Waals surface area contributed by atoms with E-state index in [1.165, 1.54) is 26.2 Å². The summed E-state index contributed by atoms with van der Waals surface area (Å²) in [6.07, 6.45) is 0. The van der Waals surface area contributed by atoms with Gasteiger partial charge in [-0.2, -0.15) is 0 Å². The highest BCUT2D eigenvalue weighted by molar-refractivity contribution is 5.71. The second kappa shape index (κ2) is 8.01. The van der Waals surface area contributed by atoms with Gasteiger partial charge in [0.25, 0.3) is 0 Å². The molecule has 0 aliphatic heterocycles. The van der Waals surface area contributed by atoms with Crippen LogP contribution in [-0.4, -0.2) is 42.5 Å². The van der Waals surface area contributed by atoms with Crippen molar-refractivity contribution in [3.8, 4) is 11.5 Å². The number of phenolic OH excluding ortho intramolecular Hbond substituents is 1. The predicted molar refractivity (Wildman–Crippen MR) is 85.7 cm³/mol. The van der Waals surface area contributed by atoms with E-state index in [4.69, 9.17) is 14.2 Å². The minimum atomic E-state index is -1.90. The monoisotopic (exact) mass is 340 g/mol. The maximum absolute atomic E-state index is 11.7. The van der Waals surface area contributed by atoms with Crippen LogP contribution in [0.3, 0.4) is 0 Å². The molecular weight excluding hydrogens is 316 g/mol. The molecule has 7 nitrogen and oxygen atoms in total. The Balaban J connectivity index is 3.21. The van der Waals surface area contributed by atoms with E-state index in [-0.39, 0.29) is 17.2 Å². The third-order valence-electron chi connectivity index (χ3n) is 3.45. The maximum Gasteiger partial charge on any atom is 0.308 e. The van der Waals surface area contributed by atoms with E-state index < -0.39 is 30.8 Å². The molecule has 134 valence electrons. The molecule has 2 N–H and O–H groups in total. The van der Waals surface area contributed by atoms with Crippen molar-refractivity contribution < 1.29 is 34.0 Å². The number of hydrogen-bond donors (Lipinski definition) is 2. The first-order valence-electron chi connectivity index (χ1n) is 7.51. The van der Waals surface area contributed by atoms with Crippen LogP contribution in [0.15, 0.2) is 12.1 Å². The summed E-state index contributed by atoms with van der Waals surface area (Å²) in [7, 11) is 1.45. The van der Waals surface area contributed by atoms with Crippen molar-refractivity contribution in [3.05, 3.63) is 23.3 Å². The van der Waals surface area contributed by atoms with Gasteiger partial charge in [-0.15, -0.1) is 0 Å². The molecule has 1 aromatic rings. The van der Waals surface area contributed by atoms with E-state index in [1.54, 1.807) is 20.8 Å². The quantitative estimate of drug-likeness (QED) is 0.728. The fraction of sp³-hybridized carbons (Fsp3) is 0.529. The van der Waals surface area contributed by atoms with E-state index >= 15 is 0 Å². The molecule has 0 bridgehead atoms. The molecule has 1 unspecified atom stereocenters. The molecule has 7 heteroatoms. The summed E-state index contributed by atoms with van der Waals surface area (Å²) in [6, 6.07) is 2.84. The zero-order chi connectivity index (χ0) is 18.5.